The van der Waals surface area contributed by atoms with Crippen LogP contribution in [-0.2, 0) is 0 Å². The van der Waals surface area contributed by atoms with E-state index < -0.39 is 5.69 Å². The Labute approximate surface area is 163 Å². The van der Waals surface area contributed by atoms with Gasteiger partial charge in [-0.25, -0.2) is 12.0 Å². The van der Waals surface area contributed by atoms with Crippen molar-refractivity contribution in [2.75, 3.05) is 36.9 Å². The van der Waals surface area contributed by atoms with Gasteiger partial charge in [-0.15, -0.1) is 0 Å². The molecule has 0 amide bonds. The van der Waals surface area contributed by atoms with Gasteiger partial charge in [-0.1, -0.05) is 11.6 Å². The zero-order valence-corrected chi connectivity index (χ0v) is 17.0. The van der Waals surface area contributed by atoms with Gasteiger partial charge in [0, 0.05) is 31.2 Å². The van der Waals surface area contributed by atoms with Gasteiger partial charge < -0.3 is 15.1 Å². The third kappa shape index (κ3) is 2.44. The first-order valence-corrected chi connectivity index (χ1v) is 9.46. The minimum atomic E-state index is -0.395. The summed E-state index contributed by atoms with van der Waals surface area (Å²) in [5.74, 6) is 0.149. The molecule has 1 N–H and O–H groups in total. The van der Waals surface area contributed by atoms with Crippen molar-refractivity contribution in [3.05, 3.63) is 26.9 Å². The largest absolute Gasteiger partial charge is 0.380 e. The number of nitrogens with zero attached hydrogens (tertiary/aromatic N) is 4. The Morgan fingerprint density at radius 1 is 1.40 bits per heavy atom. The summed E-state index contributed by atoms with van der Waals surface area (Å²) in [6, 6.07) is 0.250. The van der Waals surface area contributed by atoms with Crippen LogP contribution in [0.15, 0.2) is 4.79 Å². The highest BCUT2D eigenvalue weighted by molar-refractivity contribution is 14.1. The van der Waals surface area contributed by atoms with Crippen LogP contribution in [0.25, 0.3) is 10.9 Å². The van der Waals surface area contributed by atoms with Crippen LogP contribution < -0.4 is 15.9 Å². The van der Waals surface area contributed by atoms with Gasteiger partial charge >= 0.3 is 5.69 Å². The lowest BCUT2D eigenvalue weighted by molar-refractivity contribution is 0.236. The molecule has 6 nitrogen and oxygen atoms in total. The summed E-state index contributed by atoms with van der Waals surface area (Å²) in [6.07, 6.45) is 0. The molecule has 1 saturated heterocycles. The summed E-state index contributed by atoms with van der Waals surface area (Å²) in [4.78, 5) is 21.2. The van der Waals surface area contributed by atoms with Crippen molar-refractivity contribution in [2.24, 2.45) is 0 Å². The van der Waals surface area contributed by atoms with Crippen molar-refractivity contribution >= 4 is 56.9 Å². The number of likely N-dealkylation sites (N-methyl/N-ethyl adjacent to an activating group) is 1. The molecule has 3 heterocycles. The molecule has 2 aliphatic heterocycles. The number of benzene rings is 1. The van der Waals surface area contributed by atoms with Crippen LogP contribution in [-0.4, -0.2) is 51.4 Å². The molecule has 4 rings (SSSR count). The summed E-state index contributed by atoms with van der Waals surface area (Å²) < 4.78 is 16.4. The summed E-state index contributed by atoms with van der Waals surface area (Å²) in [5, 5.41) is 4.09. The standard InChI is InChI=1S/C16H18ClFIN5O/c1-7-5-22(3)6-9-4-20-13-10-14(11(17)8(2)12(13)18)24(19)16(25)21-15(10)23(7)9/h7,9,20H,4-6H2,1-3H3. The van der Waals surface area contributed by atoms with Crippen LogP contribution in [0.5, 0.6) is 0 Å². The van der Waals surface area contributed by atoms with Crippen molar-refractivity contribution in [3.63, 3.8) is 0 Å². The number of nitrogens with one attached hydrogen (secondary N) is 1. The number of fused-ring (bicyclic) bond motifs is 2. The average Bonchev–Trinajstić information content (AvgIpc) is 2.70. The van der Waals surface area contributed by atoms with E-state index in [4.69, 9.17) is 11.6 Å². The molecule has 0 saturated carbocycles. The molecule has 134 valence electrons. The Morgan fingerprint density at radius 3 is 2.84 bits per heavy atom. The summed E-state index contributed by atoms with van der Waals surface area (Å²) in [7, 11) is 2.07. The number of hydrogen-bond donors (Lipinski definition) is 1. The van der Waals surface area contributed by atoms with Crippen molar-refractivity contribution in [1.82, 2.24) is 12.7 Å². The molecule has 9 heteroatoms. The first-order valence-electron chi connectivity index (χ1n) is 8.12. The van der Waals surface area contributed by atoms with Gasteiger partial charge in [0.05, 0.1) is 50.5 Å². The quantitative estimate of drug-likeness (QED) is 0.591. The highest BCUT2D eigenvalue weighted by Gasteiger charge is 2.37. The predicted octanol–water partition coefficient (Wildman–Crippen LogP) is 2.63. The average molecular weight is 478 g/mol. The third-order valence-corrected chi connectivity index (χ3v) is 6.45. The molecule has 2 aromatic rings. The topological polar surface area (TPSA) is 53.4 Å². The Hall–Kier alpha value is -1.13. The molecule has 0 spiro atoms. The first-order chi connectivity index (χ1) is 11.8. The smallest absolute Gasteiger partial charge is 0.359 e. The number of piperazine rings is 1. The normalized spacial score (nSPS) is 23.4. The lowest BCUT2D eigenvalue weighted by Gasteiger charge is -2.44. The molecule has 2 unspecified atom stereocenters. The molecule has 1 aromatic carbocycles. The van der Waals surface area contributed by atoms with Crippen LogP contribution >= 0.6 is 34.5 Å². The lowest BCUT2D eigenvalue weighted by Crippen LogP contribution is -2.59. The maximum atomic E-state index is 15.0. The van der Waals surface area contributed by atoms with Crippen LogP contribution in [0.1, 0.15) is 12.5 Å². The maximum absolute atomic E-state index is 15.0. The minimum Gasteiger partial charge on any atom is -0.380 e. The van der Waals surface area contributed by atoms with Crippen LogP contribution in [0.3, 0.4) is 0 Å². The van der Waals surface area contributed by atoms with Gasteiger partial charge in [-0.3, -0.25) is 0 Å². The summed E-state index contributed by atoms with van der Waals surface area (Å²) in [6.45, 7) is 5.97. The van der Waals surface area contributed by atoms with E-state index in [1.54, 1.807) is 6.92 Å². The fourth-order valence-corrected chi connectivity index (χ4v) is 5.02. The molecular weight excluding hydrogens is 460 g/mol. The molecule has 2 aliphatic rings. The van der Waals surface area contributed by atoms with E-state index in [0.29, 0.717) is 34.5 Å². The van der Waals surface area contributed by atoms with E-state index in [0.717, 1.165) is 13.1 Å². The Kier molecular flexibility index (Phi) is 4.12. The van der Waals surface area contributed by atoms with E-state index in [2.05, 4.69) is 34.1 Å². The number of anilines is 2. The second-order valence-corrected chi connectivity index (χ2v) is 8.21. The molecule has 1 fully saturated rings. The monoisotopic (exact) mass is 477 g/mol. The number of rotatable bonds is 0. The molecule has 0 bridgehead atoms. The molecule has 25 heavy (non-hydrogen) atoms. The van der Waals surface area contributed by atoms with Crippen molar-refractivity contribution in [3.8, 4) is 0 Å². The first kappa shape index (κ1) is 17.3. The van der Waals surface area contributed by atoms with Crippen molar-refractivity contribution in [1.29, 1.82) is 0 Å². The number of halogens is 3. The molecule has 1 aromatic heterocycles. The Balaban J connectivity index is 2.13. The molecular formula is C16H18ClFIN5O. The minimum absolute atomic E-state index is 0.0970. The van der Waals surface area contributed by atoms with Crippen molar-refractivity contribution in [2.45, 2.75) is 25.9 Å². The maximum Gasteiger partial charge on any atom is 0.359 e. The lowest BCUT2D eigenvalue weighted by atomic mass is 10.1. The number of aromatic nitrogens is 2. The van der Waals surface area contributed by atoms with Gasteiger partial charge in [0.15, 0.2) is 5.82 Å². The van der Waals surface area contributed by atoms with E-state index in [9.17, 15) is 9.18 Å². The molecule has 0 radical (unpaired) electrons. The fourth-order valence-electron chi connectivity index (χ4n) is 4.03. The van der Waals surface area contributed by atoms with E-state index in [-0.39, 0.29) is 22.9 Å². The zero-order valence-electron chi connectivity index (χ0n) is 14.1. The second-order valence-electron chi connectivity index (χ2n) is 6.86. The Bertz CT molecular complexity index is 949. The highest BCUT2D eigenvalue weighted by atomic mass is 127. The summed E-state index contributed by atoms with van der Waals surface area (Å²) in [5.41, 5.74) is 0.844. The van der Waals surface area contributed by atoms with Crippen LogP contribution in [0, 0.1) is 12.7 Å². The van der Waals surface area contributed by atoms with E-state index >= 15 is 0 Å². The van der Waals surface area contributed by atoms with E-state index in [1.165, 1.54) is 2.78 Å². The SMILES string of the molecule is Cc1c(F)c2c3c(nc(=O)n(I)c3c1Cl)N1C(C)CN(C)CC1CN2. The summed E-state index contributed by atoms with van der Waals surface area (Å²) >= 11 is 8.31. The molecule has 2 atom stereocenters. The van der Waals surface area contributed by atoms with Gasteiger partial charge in [-0.05, 0) is 20.9 Å². The Morgan fingerprint density at radius 2 is 2.12 bits per heavy atom. The van der Waals surface area contributed by atoms with Gasteiger partial charge in [0.1, 0.15) is 5.82 Å². The van der Waals surface area contributed by atoms with Crippen molar-refractivity contribution < 1.29 is 4.39 Å². The fraction of sp³-hybridized carbons (Fsp3) is 0.500. The second kappa shape index (κ2) is 5.95. The van der Waals surface area contributed by atoms with Crippen LogP contribution in [0.4, 0.5) is 15.9 Å². The highest BCUT2D eigenvalue weighted by Crippen LogP contribution is 2.42. The third-order valence-electron chi connectivity index (χ3n) is 5.09. The zero-order chi connectivity index (χ0) is 18.0. The van der Waals surface area contributed by atoms with Gasteiger partial charge in [0.2, 0.25) is 0 Å². The van der Waals surface area contributed by atoms with Gasteiger partial charge in [-0.2, -0.15) is 4.98 Å². The molecule has 0 aliphatic carbocycles. The van der Waals surface area contributed by atoms with E-state index in [1.807, 2.05) is 22.9 Å². The van der Waals surface area contributed by atoms with Gasteiger partial charge in [0.25, 0.3) is 0 Å². The number of hydrogen-bond acceptors (Lipinski definition) is 5. The predicted molar refractivity (Wildman–Crippen MR) is 107 cm³/mol. The van der Waals surface area contributed by atoms with Crippen LogP contribution in [0.2, 0.25) is 5.02 Å².